The van der Waals surface area contributed by atoms with Gasteiger partial charge in [-0.25, -0.2) is 0 Å². The normalized spacial score (nSPS) is 9.36. The van der Waals surface area contributed by atoms with Crippen LogP contribution in [0.25, 0.3) is 0 Å². The Morgan fingerprint density at radius 3 is 2.79 bits per heavy atom. The molecule has 0 unspecified atom stereocenters. The topological polar surface area (TPSA) is 48.0 Å². The Balaban J connectivity index is 3.23. The van der Waals surface area contributed by atoms with E-state index in [9.17, 15) is 4.79 Å². The molecule has 0 saturated heterocycles. The Labute approximate surface area is 83.6 Å². The van der Waals surface area contributed by atoms with E-state index in [0.29, 0.717) is 12.1 Å². The molecule has 0 bridgehead atoms. The number of rotatable bonds is 2. The average Bonchev–Trinajstić information content (AvgIpc) is 2.18. The fourth-order valence-corrected chi connectivity index (χ4v) is 1.23. The van der Waals surface area contributed by atoms with Crippen molar-refractivity contribution in [2.24, 2.45) is 5.73 Å². The fourth-order valence-electron chi connectivity index (χ4n) is 1.23. The molecule has 3 heteroatoms. The molecule has 1 aromatic rings. The van der Waals surface area contributed by atoms with Crippen molar-refractivity contribution in [3.05, 3.63) is 33.7 Å². The summed E-state index contributed by atoms with van der Waals surface area (Å²) in [6.45, 7) is 4.36. The van der Waals surface area contributed by atoms with E-state index in [0.717, 1.165) is 5.69 Å². The summed E-state index contributed by atoms with van der Waals surface area (Å²) in [6, 6.07) is 3.66. The third-order valence-corrected chi connectivity index (χ3v) is 2.11. The van der Waals surface area contributed by atoms with Gasteiger partial charge < -0.3 is 10.3 Å². The number of hydrogen-bond donors (Lipinski definition) is 1. The lowest BCUT2D eigenvalue weighted by Gasteiger charge is -2.07. The summed E-state index contributed by atoms with van der Waals surface area (Å²) in [5.41, 5.74) is 6.96. The molecule has 0 spiro atoms. The first-order valence-corrected chi connectivity index (χ1v) is 4.49. The first-order valence-electron chi connectivity index (χ1n) is 4.49. The molecule has 74 valence electrons. The van der Waals surface area contributed by atoms with Crippen molar-refractivity contribution in [1.82, 2.24) is 4.57 Å². The first kappa shape index (κ1) is 10.6. The largest absolute Gasteiger partial charge is 0.326 e. The quantitative estimate of drug-likeness (QED) is 0.696. The van der Waals surface area contributed by atoms with Gasteiger partial charge >= 0.3 is 0 Å². The third-order valence-electron chi connectivity index (χ3n) is 2.11. The van der Waals surface area contributed by atoms with Crippen LogP contribution >= 0.6 is 0 Å². The zero-order chi connectivity index (χ0) is 10.6. The van der Waals surface area contributed by atoms with Crippen LogP contribution in [0.5, 0.6) is 0 Å². The number of nitrogens with zero attached hydrogens (tertiary/aromatic N) is 1. The van der Waals surface area contributed by atoms with Crippen LogP contribution in [-0.4, -0.2) is 4.57 Å². The molecule has 0 amide bonds. The Bertz CT molecular complexity index is 435. The second kappa shape index (κ2) is 4.64. The maximum atomic E-state index is 11.7. The maximum Gasteiger partial charge on any atom is 0.256 e. The zero-order valence-corrected chi connectivity index (χ0v) is 8.50. The van der Waals surface area contributed by atoms with Crippen molar-refractivity contribution in [2.75, 3.05) is 0 Å². The van der Waals surface area contributed by atoms with Crippen LogP contribution in [0.15, 0.2) is 16.9 Å². The molecule has 0 atom stereocenters. The van der Waals surface area contributed by atoms with Gasteiger partial charge in [0.25, 0.3) is 5.56 Å². The number of nitrogens with two attached hydrogens (primary N) is 1. The van der Waals surface area contributed by atoms with Gasteiger partial charge in [0.1, 0.15) is 0 Å². The Morgan fingerprint density at radius 2 is 2.21 bits per heavy atom. The molecular weight excluding hydrogens is 176 g/mol. The molecule has 3 nitrogen and oxygen atoms in total. The predicted molar refractivity (Wildman–Crippen MR) is 56.8 cm³/mol. The lowest BCUT2D eigenvalue weighted by molar-refractivity contribution is 0.745. The SMILES string of the molecule is CC#CCn1c(C)ccc(CN)c1=O. The molecule has 0 fully saturated rings. The van der Waals surface area contributed by atoms with Crippen molar-refractivity contribution < 1.29 is 0 Å². The van der Waals surface area contributed by atoms with Crippen LogP contribution in [0.4, 0.5) is 0 Å². The molecule has 0 aliphatic carbocycles. The van der Waals surface area contributed by atoms with E-state index in [1.54, 1.807) is 17.6 Å². The van der Waals surface area contributed by atoms with Crippen LogP contribution in [-0.2, 0) is 13.1 Å². The Hall–Kier alpha value is -1.53. The van der Waals surface area contributed by atoms with E-state index in [-0.39, 0.29) is 12.1 Å². The monoisotopic (exact) mass is 190 g/mol. The Kier molecular flexibility index (Phi) is 3.49. The van der Waals surface area contributed by atoms with Gasteiger partial charge in [-0.2, -0.15) is 0 Å². The van der Waals surface area contributed by atoms with Crippen LogP contribution in [0.2, 0.25) is 0 Å². The van der Waals surface area contributed by atoms with E-state index in [1.807, 2.05) is 13.0 Å². The molecule has 0 saturated carbocycles. The molecule has 1 aromatic heterocycles. The summed E-state index contributed by atoms with van der Waals surface area (Å²) >= 11 is 0. The molecule has 0 aromatic carbocycles. The molecule has 0 aliphatic rings. The molecular formula is C11H14N2O. The Morgan fingerprint density at radius 1 is 1.50 bits per heavy atom. The van der Waals surface area contributed by atoms with Crippen molar-refractivity contribution in [3.8, 4) is 11.8 Å². The number of aryl methyl sites for hydroxylation is 1. The number of aromatic nitrogens is 1. The highest BCUT2D eigenvalue weighted by atomic mass is 16.1. The van der Waals surface area contributed by atoms with E-state index in [4.69, 9.17) is 5.73 Å². The maximum absolute atomic E-state index is 11.7. The summed E-state index contributed by atoms with van der Waals surface area (Å²) in [5, 5.41) is 0. The van der Waals surface area contributed by atoms with Gasteiger partial charge in [-0.1, -0.05) is 12.0 Å². The smallest absolute Gasteiger partial charge is 0.256 e. The summed E-state index contributed by atoms with van der Waals surface area (Å²) in [6.07, 6.45) is 0. The van der Waals surface area contributed by atoms with E-state index in [1.165, 1.54) is 0 Å². The van der Waals surface area contributed by atoms with Gasteiger partial charge in [0.15, 0.2) is 0 Å². The highest BCUT2D eigenvalue weighted by Crippen LogP contribution is 1.97. The van der Waals surface area contributed by atoms with E-state index >= 15 is 0 Å². The second-order valence-electron chi connectivity index (χ2n) is 3.02. The minimum atomic E-state index is -0.0322. The van der Waals surface area contributed by atoms with Gasteiger partial charge in [-0.15, -0.1) is 5.92 Å². The second-order valence-corrected chi connectivity index (χ2v) is 3.02. The highest BCUT2D eigenvalue weighted by Gasteiger charge is 2.02. The van der Waals surface area contributed by atoms with Gasteiger partial charge in [-0.3, -0.25) is 4.79 Å². The first-order chi connectivity index (χ1) is 6.70. The zero-order valence-electron chi connectivity index (χ0n) is 8.50. The minimum absolute atomic E-state index is 0.0322. The summed E-state index contributed by atoms with van der Waals surface area (Å²) in [7, 11) is 0. The number of pyridine rings is 1. The van der Waals surface area contributed by atoms with Gasteiger partial charge in [-0.05, 0) is 19.9 Å². The summed E-state index contributed by atoms with van der Waals surface area (Å²) in [4.78, 5) is 11.7. The van der Waals surface area contributed by atoms with Crippen LogP contribution in [0.3, 0.4) is 0 Å². The standard InChI is InChI=1S/C11H14N2O/c1-3-4-7-13-9(2)5-6-10(8-12)11(13)14/h5-6H,7-8,12H2,1-2H3. The molecule has 14 heavy (non-hydrogen) atoms. The fraction of sp³-hybridized carbons (Fsp3) is 0.364. The molecule has 1 rings (SSSR count). The lowest BCUT2D eigenvalue weighted by Crippen LogP contribution is -2.26. The number of hydrogen-bond acceptors (Lipinski definition) is 2. The minimum Gasteiger partial charge on any atom is -0.326 e. The van der Waals surface area contributed by atoms with Crippen molar-refractivity contribution in [3.63, 3.8) is 0 Å². The average molecular weight is 190 g/mol. The van der Waals surface area contributed by atoms with E-state index < -0.39 is 0 Å². The molecule has 2 N–H and O–H groups in total. The van der Waals surface area contributed by atoms with Crippen molar-refractivity contribution >= 4 is 0 Å². The van der Waals surface area contributed by atoms with Gasteiger partial charge in [0.05, 0.1) is 6.54 Å². The predicted octanol–water partition coefficient (Wildman–Crippen LogP) is 0.639. The molecule has 1 heterocycles. The van der Waals surface area contributed by atoms with Crippen LogP contribution < -0.4 is 11.3 Å². The molecule has 0 aliphatic heterocycles. The van der Waals surface area contributed by atoms with Gasteiger partial charge in [0, 0.05) is 17.8 Å². The highest BCUT2D eigenvalue weighted by molar-refractivity contribution is 5.16. The van der Waals surface area contributed by atoms with Crippen LogP contribution in [0.1, 0.15) is 18.2 Å². The van der Waals surface area contributed by atoms with Gasteiger partial charge in [0.2, 0.25) is 0 Å². The van der Waals surface area contributed by atoms with E-state index in [2.05, 4.69) is 11.8 Å². The lowest BCUT2D eigenvalue weighted by atomic mass is 10.2. The van der Waals surface area contributed by atoms with Crippen molar-refractivity contribution in [2.45, 2.75) is 26.9 Å². The molecule has 0 radical (unpaired) electrons. The summed E-state index contributed by atoms with van der Waals surface area (Å²) in [5.74, 6) is 5.64. The van der Waals surface area contributed by atoms with Crippen molar-refractivity contribution in [1.29, 1.82) is 0 Å². The third kappa shape index (κ3) is 2.04. The van der Waals surface area contributed by atoms with Crippen LogP contribution in [0, 0.1) is 18.8 Å². The summed E-state index contributed by atoms with van der Waals surface area (Å²) < 4.78 is 1.64.